The summed E-state index contributed by atoms with van der Waals surface area (Å²) in [7, 11) is 0. The zero-order chi connectivity index (χ0) is 17.7. The van der Waals surface area contributed by atoms with Crippen molar-refractivity contribution in [2.75, 3.05) is 13.1 Å². The highest BCUT2D eigenvalue weighted by Crippen LogP contribution is 2.58. The summed E-state index contributed by atoms with van der Waals surface area (Å²) in [4.78, 5) is 20.8. The van der Waals surface area contributed by atoms with Gasteiger partial charge in [0.15, 0.2) is 5.41 Å². The second-order valence-electron chi connectivity index (χ2n) is 4.54. The number of carboxylic acids is 1. The Labute approximate surface area is 115 Å². The fourth-order valence-electron chi connectivity index (χ4n) is 2.21. The zero-order valence-electron chi connectivity index (χ0n) is 10.1. The summed E-state index contributed by atoms with van der Waals surface area (Å²) in [6, 6.07) is 0. The van der Waals surface area contributed by atoms with Gasteiger partial charge in [0.2, 0.25) is 0 Å². The highest BCUT2D eigenvalue weighted by molar-refractivity contribution is 5.84. The summed E-state index contributed by atoms with van der Waals surface area (Å²) >= 11 is 0. The normalized spacial score (nSPS) is 22.8. The molecule has 0 aromatic carbocycles. The Bertz CT molecular complexity index is 464. The third kappa shape index (κ3) is 2.67. The zero-order valence-corrected chi connectivity index (χ0v) is 10.1. The molecule has 1 fully saturated rings. The van der Waals surface area contributed by atoms with Crippen LogP contribution < -0.4 is 0 Å². The van der Waals surface area contributed by atoms with E-state index in [1.807, 2.05) is 0 Å². The molecule has 0 radical (unpaired) electrons. The van der Waals surface area contributed by atoms with Gasteiger partial charge in [0.1, 0.15) is 0 Å². The van der Waals surface area contributed by atoms with Crippen molar-refractivity contribution in [2.45, 2.75) is 18.5 Å². The molecule has 0 bridgehead atoms. The highest BCUT2D eigenvalue weighted by atomic mass is 19.4. The minimum atomic E-state index is -6.21. The number of nitrogens with zero attached hydrogens (tertiary/aromatic N) is 1. The Morgan fingerprint density at radius 3 is 1.59 bits per heavy atom. The average molecular weight is 347 g/mol. The Morgan fingerprint density at radius 1 is 0.955 bits per heavy atom. The predicted octanol–water partition coefficient (Wildman–Crippen LogP) is 2.20. The summed E-state index contributed by atoms with van der Waals surface area (Å²) < 4.78 is 114. The maximum Gasteiger partial charge on any atom is 0.471 e. The van der Waals surface area contributed by atoms with Crippen molar-refractivity contribution in [1.29, 1.82) is 0 Å². The molecule has 1 amide bonds. The number of carboxylic acid groups (broad SMARTS) is 1. The lowest BCUT2D eigenvalue weighted by Crippen LogP contribution is -2.57. The van der Waals surface area contributed by atoms with Crippen molar-refractivity contribution >= 4 is 11.9 Å². The molecule has 1 aliphatic heterocycles. The molecule has 22 heavy (non-hydrogen) atoms. The van der Waals surface area contributed by atoms with Crippen molar-refractivity contribution in [3.63, 3.8) is 0 Å². The van der Waals surface area contributed by atoms with Gasteiger partial charge in [0.05, 0.1) is 5.92 Å². The second-order valence-corrected chi connectivity index (χ2v) is 4.54. The number of rotatable bonds is 1. The first kappa shape index (κ1) is 18.4. The van der Waals surface area contributed by atoms with Crippen LogP contribution in [0.3, 0.4) is 0 Å². The van der Waals surface area contributed by atoms with Crippen molar-refractivity contribution in [3.05, 3.63) is 0 Å². The quantitative estimate of drug-likeness (QED) is 0.740. The smallest absolute Gasteiger partial charge is 0.471 e. The van der Waals surface area contributed by atoms with Gasteiger partial charge in [-0.05, 0) is 0 Å². The lowest BCUT2D eigenvalue weighted by atomic mass is 9.76. The van der Waals surface area contributed by atoms with Crippen molar-refractivity contribution in [2.24, 2.45) is 11.3 Å². The molecule has 0 aliphatic carbocycles. The predicted molar refractivity (Wildman–Crippen MR) is 48.3 cm³/mol. The van der Waals surface area contributed by atoms with E-state index in [1.54, 1.807) is 0 Å². The number of aliphatic carboxylic acids is 1. The summed E-state index contributed by atoms with van der Waals surface area (Å²) in [6.45, 7) is -4.32. The Morgan fingerprint density at radius 2 is 1.36 bits per heavy atom. The third-order valence-electron chi connectivity index (χ3n) is 3.28. The minimum Gasteiger partial charge on any atom is -0.481 e. The van der Waals surface area contributed by atoms with E-state index in [2.05, 4.69) is 0 Å². The average Bonchev–Trinajstić information content (AvgIpc) is 2.66. The number of carbonyl (C=O) groups excluding carboxylic acids is 1. The molecule has 1 rings (SSSR count). The fraction of sp³-hybridized carbons (Fsp3) is 0.778. The number of hydrogen-bond donors (Lipinski definition) is 1. The van der Waals surface area contributed by atoms with Crippen LogP contribution in [0.1, 0.15) is 0 Å². The molecule has 1 unspecified atom stereocenters. The van der Waals surface area contributed by atoms with Gasteiger partial charge in [-0.25, -0.2) is 0 Å². The van der Waals surface area contributed by atoms with Crippen LogP contribution in [0, 0.1) is 11.3 Å². The van der Waals surface area contributed by atoms with Crippen LogP contribution >= 0.6 is 0 Å². The molecule has 4 nitrogen and oxygen atoms in total. The summed E-state index contributed by atoms with van der Waals surface area (Å²) in [5, 5.41) is 8.56. The van der Waals surface area contributed by atoms with E-state index in [4.69, 9.17) is 5.11 Å². The Hall–Kier alpha value is -1.69. The van der Waals surface area contributed by atoms with Crippen LogP contribution in [0.2, 0.25) is 0 Å². The molecule has 13 heteroatoms. The molecule has 128 valence electrons. The van der Waals surface area contributed by atoms with Gasteiger partial charge in [-0.1, -0.05) is 0 Å². The monoisotopic (exact) mass is 347 g/mol. The van der Waals surface area contributed by atoms with E-state index in [1.165, 1.54) is 0 Å². The Balaban J connectivity index is 3.43. The van der Waals surface area contributed by atoms with Crippen molar-refractivity contribution in [3.8, 4) is 0 Å². The standard InChI is InChI=1S/C9H6F9NO3/c10-7(11,12)5(22)19-1-3(4(20)21)6(2-19,8(13,14)15)9(16,17)18/h3H,1-2H2,(H,20,21). The van der Waals surface area contributed by atoms with E-state index >= 15 is 0 Å². The van der Waals surface area contributed by atoms with Crippen LogP contribution in [-0.4, -0.2) is 53.5 Å². The SMILES string of the molecule is O=C(O)C1CN(C(=O)C(F)(F)F)CC1(C(F)(F)F)C(F)(F)F. The van der Waals surface area contributed by atoms with Gasteiger partial charge >= 0.3 is 30.4 Å². The van der Waals surface area contributed by atoms with Gasteiger partial charge in [-0.2, -0.15) is 39.5 Å². The number of hydrogen-bond acceptors (Lipinski definition) is 2. The van der Waals surface area contributed by atoms with Crippen molar-refractivity contribution in [1.82, 2.24) is 4.90 Å². The minimum absolute atomic E-state index is 0.792. The summed E-state index contributed by atoms with van der Waals surface area (Å²) in [5.74, 6) is -8.86. The van der Waals surface area contributed by atoms with Crippen LogP contribution in [0.4, 0.5) is 39.5 Å². The van der Waals surface area contributed by atoms with Crippen LogP contribution in [-0.2, 0) is 9.59 Å². The largest absolute Gasteiger partial charge is 0.481 e. The van der Waals surface area contributed by atoms with E-state index in [0.717, 1.165) is 0 Å². The molecule has 0 saturated carbocycles. The van der Waals surface area contributed by atoms with E-state index < -0.39 is 59.7 Å². The third-order valence-corrected chi connectivity index (χ3v) is 3.28. The van der Waals surface area contributed by atoms with E-state index in [9.17, 15) is 49.1 Å². The topological polar surface area (TPSA) is 57.6 Å². The lowest BCUT2D eigenvalue weighted by Gasteiger charge is -2.36. The van der Waals surface area contributed by atoms with Gasteiger partial charge in [-0.15, -0.1) is 0 Å². The molecule has 1 atom stereocenters. The number of amides is 1. The number of likely N-dealkylation sites (tertiary alicyclic amines) is 1. The van der Waals surface area contributed by atoms with Gasteiger partial charge in [0.25, 0.3) is 0 Å². The van der Waals surface area contributed by atoms with Crippen molar-refractivity contribution < 1.29 is 54.2 Å². The highest BCUT2D eigenvalue weighted by Gasteiger charge is 2.79. The van der Waals surface area contributed by atoms with Crippen LogP contribution in [0.15, 0.2) is 0 Å². The molecular weight excluding hydrogens is 341 g/mol. The number of carbonyl (C=O) groups is 2. The molecule has 0 aromatic rings. The first-order valence-corrected chi connectivity index (χ1v) is 5.28. The van der Waals surface area contributed by atoms with Gasteiger partial charge in [-0.3, -0.25) is 9.59 Å². The molecule has 1 heterocycles. The second kappa shape index (κ2) is 4.91. The first-order chi connectivity index (χ1) is 9.55. The van der Waals surface area contributed by atoms with E-state index in [-0.39, 0.29) is 0 Å². The van der Waals surface area contributed by atoms with E-state index in [0.29, 0.717) is 0 Å². The summed E-state index contributed by atoms with van der Waals surface area (Å²) in [5.41, 5.74) is -4.97. The molecule has 0 aromatic heterocycles. The molecule has 1 N–H and O–H groups in total. The van der Waals surface area contributed by atoms with Gasteiger partial charge in [0, 0.05) is 13.1 Å². The molecule has 1 saturated heterocycles. The number of halogens is 9. The first-order valence-electron chi connectivity index (χ1n) is 5.28. The Kier molecular flexibility index (Phi) is 4.10. The fourth-order valence-corrected chi connectivity index (χ4v) is 2.21. The molecule has 1 aliphatic rings. The van der Waals surface area contributed by atoms with Crippen LogP contribution in [0.25, 0.3) is 0 Å². The van der Waals surface area contributed by atoms with Crippen LogP contribution in [0.5, 0.6) is 0 Å². The maximum absolute atomic E-state index is 12.9. The lowest BCUT2D eigenvalue weighted by molar-refractivity contribution is -0.346. The summed E-state index contributed by atoms with van der Waals surface area (Å²) in [6.07, 6.45) is -18.2. The molecular formula is C9H6F9NO3. The number of alkyl halides is 9. The van der Waals surface area contributed by atoms with Gasteiger partial charge < -0.3 is 10.0 Å². The maximum atomic E-state index is 12.9. The molecule has 0 spiro atoms.